The first-order valence-corrected chi connectivity index (χ1v) is 10.9. The highest BCUT2D eigenvalue weighted by Gasteiger charge is 2.37. The Labute approximate surface area is 209 Å². The summed E-state index contributed by atoms with van der Waals surface area (Å²) in [6.45, 7) is 0.132. The lowest BCUT2D eigenvalue weighted by molar-refractivity contribution is -0.122. The predicted molar refractivity (Wildman–Crippen MR) is 129 cm³/mol. The quantitative estimate of drug-likeness (QED) is 0.339. The second-order valence-electron chi connectivity index (χ2n) is 7.20. The number of urea groups is 1. The van der Waals surface area contributed by atoms with Gasteiger partial charge in [0.2, 0.25) is 0 Å². The number of imide groups is 2. The van der Waals surface area contributed by atoms with E-state index < -0.39 is 17.8 Å². The van der Waals surface area contributed by atoms with Crippen LogP contribution in [0.25, 0.3) is 6.08 Å². The number of hydrogen-bond acceptors (Lipinski definition) is 5. The number of amides is 4. The fraction of sp³-hybridized carbons (Fsp3) is 0.0417. The van der Waals surface area contributed by atoms with Crippen LogP contribution in [0.1, 0.15) is 11.1 Å². The average molecular weight is 518 g/mol. The van der Waals surface area contributed by atoms with Gasteiger partial charge in [-0.2, -0.15) is 0 Å². The summed E-state index contributed by atoms with van der Waals surface area (Å²) in [5.74, 6) is -1.59. The van der Waals surface area contributed by atoms with E-state index in [1.807, 2.05) is 0 Å². The predicted octanol–water partition coefficient (Wildman–Crippen LogP) is 5.60. The molecule has 3 aromatic rings. The van der Waals surface area contributed by atoms with Crippen LogP contribution in [0.5, 0.6) is 11.5 Å². The average Bonchev–Trinajstić information content (AvgIpc) is 2.78. The van der Waals surface area contributed by atoms with Crippen LogP contribution in [0, 0.1) is 0 Å². The van der Waals surface area contributed by atoms with Gasteiger partial charge in [-0.15, -0.1) is 0 Å². The number of aromatic hydroxyl groups is 1. The monoisotopic (exact) mass is 516 g/mol. The highest BCUT2D eigenvalue weighted by molar-refractivity contribution is 6.40. The molecule has 1 aliphatic heterocycles. The highest BCUT2D eigenvalue weighted by atomic mass is 35.5. The fourth-order valence-electron chi connectivity index (χ4n) is 3.23. The van der Waals surface area contributed by atoms with Crippen molar-refractivity contribution in [1.29, 1.82) is 0 Å². The van der Waals surface area contributed by atoms with Gasteiger partial charge in [0.1, 0.15) is 23.7 Å². The molecule has 4 amide bonds. The van der Waals surface area contributed by atoms with Gasteiger partial charge in [-0.3, -0.25) is 14.9 Å². The van der Waals surface area contributed by atoms with Crippen molar-refractivity contribution in [2.24, 2.45) is 0 Å². The van der Waals surface area contributed by atoms with Gasteiger partial charge >= 0.3 is 6.03 Å². The number of nitrogens with one attached hydrogen (secondary N) is 1. The topological polar surface area (TPSA) is 95.9 Å². The number of halogens is 3. The van der Waals surface area contributed by atoms with Crippen LogP contribution in [-0.4, -0.2) is 23.0 Å². The Morgan fingerprint density at radius 2 is 1.59 bits per heavy atom. The summed E-state index contributed by atoms with van der Waals surface area (Å²) >= 11 is 18.4. The fourth-order valence-corrected chi connectivity index (χ4v) is 3.91. The molecular weight excluding hydrogens is 503 g/mol. The number of carbonyl (C=O) groups is 3. The van der Waals surface area contributed by atoms with Crippen LogP contribution in [0.3, 0.4) is 0 Å². The molecule has 0 bridgehead atoms. The summed E-state index contributed by atoms with van der Waals surface area (Å²) < 4.78 is 5.88. The van der Waals surface area contributed by atoms with Gasteiger partial charge in [0.25, 0.3) is 11.8 Å². The van der Waals surface area contributed by atoms with E-state index in [2.05, 4.69) is 5.32 Å². The molecule has 3 aromatic carbocycles. The minimum absolute atomic E-state index is 0.0449. The van der Waals surface area contributed by atoms with Crippen molar-refractivity contribution in [3.05, 3.63) is 92.4 Å². The SMILES string of the molecule is O=C1NC(=O)N(c2ccc(O)cc2)C(=O)/C1=C/c1cc(Cl)cc(Cl)c1OCc1ccc(Cl)cc1. The van der Waals surface area contributed by atoms with Gasteiger partial charge in [0.05, 0.1) is 10.7 Å². The first-order valence-electron chi connectivity index (χ1n) is 9.79. The minimum Gasteiger partial charge on any atom is -0.508 e. The molecule has 2 N–H and O–H groups in total. The molecule has 34 heavy (non-hydrogen) atoms. The van der Waals surface area contributed by atoms with Crippen molar-refractivity contribution in [2.45, 2.75) is 6.61 Å². The summed E-state index contributed by atoms with van der Waals surface area (Å²) in [4.78, 5) is 38.8. The number of hydrogen-bond donors (Lipinski definition) is 2. The molecule has 172 valence electrons. The van der Waals surface area contributed by atoms with Crippen LogP contribution < -0.4 is 15.0 Å². The Bertz CT molecular complexity index is 1320. The van der Waals surface area contributed by atoms with Gasteiger partial charge in [0.15, 0.2) is 0 Å². The van der Waals surface area contributed by atoms with Crippen molar-refractivity contribution >= 4 is 64.4 Å². The molecule has 1 heterocycles. The lowest BCUT2D eigenvalue weighted by atomic mass is 10.1. The van der Waals surface area contributed by atoms with Crippen molar-refractivity contribution in [2.75, 3.05) is 4.90 Å². The number of rotatable bonds is 5. The van der Waals surface area contributed by atoms with E-state index in [0.717, 1.165) is 10.5 Å². The third kappa shape index (κ3) is 5.02. The molecule has 0 radical (unpaired) electrons. The molecule has 0 atom stereocenters. The van der Waals surface area contributed by atoms with E-state index in [1.165, 1.54) is 42.5 Å². The van der Waals surface area contributed by atoms with Crippen LogP contribution in [0.2, 0.25) is 15.1 Å². The molecule has 0 saturated carbocycles. The molecule has 0 unspecified atom stereocenters. The summed E-state index contributed by atoms with van der Waals surface area (Å²) in [5.41, 5.74) is 0.916. The number of carbonyl (C=O) groups excluding carboxylic acids is 3. The lowest BCUT2D eigenvalue weighted by Gasteiger charge is -2.26. The first-order chi connectivity index (χ1) is 16.2. The lowest BCUT2D eigenvalue weighted by Crippen LogP contribution is -2.54. The Morgan fingerprint density at radius 3 is 2.26 bits per heavy atom. The van der Waals surface area contributed by atoms with E-state index in [-0.39, 0.29) is 45.0 Å². The maximum atomic E-state index is 13.1. The Hall–Kier alpha value is -3.52. The maximum Gasteiger partial charge on any atom is 0.335 e. The number of ether oxygens (including phenoxy) is 1. The second kappa shape index (κ2) is 9.77. The molecule has 0 aliphatic carbocycles. The number of phenolic OH excluding ortho intramolecular Hbond substituents is 1. The number of anilines is 1. The van der Waals surface area contributed by atoms with E-state index >= 15 is 0 Å². The molecule has 0 aromatic heterocycles. The van der Waals surface area contributed by atoms with Crippen LogP contribution >= 0.6 is 34.8 Å². The van der Waals surface area contributed by atoms with Gasteiger partial charge in [-0.25, -0.2) is 9.69 Å². The highest BCUT2D eigenvalue weighted by Crippen LogP contribution is 2.35. The number of barbiturate groups is 1. The molecule has 1 saturated heterocycles. The standard InChI is InChI=1S/C24H15Cl3N2O5/c25-15-3-1-13(2-4-15)12-34-21-14(9-16(26)11-20(21)27)10-19-22(31)28-24(33)29(23(19)32)17-5-7-18(30)8-6-17/h1-11,30H,12H2,(H,28,31,33)/b19-10+. The van der Waals surface area contributed by atoms with Crippen LogP contribution in [0.15, 0.2) is 66.2 Å². The maximum absolute atomic E-state index is 13.1. The number of benzene rings is 3. The van der Waals surface area contributed by atoms with Crippen molar-refractivity contribution in [1.82, 2.24) is 5.32 Å². The van der Waals surface area contributed by atoms with Gasteiger partial charge in [0, 0.05) is 15.6 Å². The third-order valence-electron chi connectivity index (χ3n) is 4.84. The summed E-state index contributed by atoms with van der Waals surface area (Å²) in [5, 5.41) is 12.6. The zero-order chi connectivity index (χ0) is 24.4. The molecule has 1 aliphatic rings. The van der Waals surface area contributed by atoms with E-state index in [4.69, 9.17) is 39.5 Å². The summed E-state index contributed by atoms with van der Waals surface area (Å²) in [6, 6.07) is 14.4. The molecule has 10 heteroatoms. The molecular formula is C24H15Cl3N2O5. The zero-order valence-electron chi connectivity index (χ0n) is 17.2. The third-order valence-corrected chi connectivity index (χ3v) is 5.59. The molecule has 7 nitrogen and oxygen atoms in total. The van der Waals surface area contributed by atoms with Crippen molar-refractivity contribution in [3.8, 4) is 11.5 Å². The van der Waals surface area contributed by atoms with Gasteiger partial charge in [-0.05, 0) is 60.2 Å². The Balaban J connectivity index is 1.70. The van der Waals surface area contributed by atoms with Gasteiger partial charge in [-0.1, -0.05) is 46.9 Å². The number of phenols is 1. The molecule has 1 fully saturated rings. The van der Waals surface area contributed by atoms with Crippen LogP contribution in [0.4, 0.5) is 10.5 Å². The first kappa shape index (κ1) is 23.6. The summed E-state index contributed by atoms with van der Waals surface area (Å²) in [7, 11) is 0. The molecule has 4 rings (SSSR count). The number of nitrogens with zero attached hydrogens (tertiary/aromatic N) is 1. The van der Waals surface area contributed by atoms with E-state index in [0.29, 0.717) is 5.02 Å². The van der Waals surface area contributed by atoms with E-state index in [9.17, 15) is 19.5 Å². The minimum atomic E-state index is -0.916. The normalized spacial score (nSPS) is 15.0. The largest absolute Gasteiger partial charge is 0.508 e. The Kier molecular flexibility index (Phi) is 6.79. The second-order valence-corrected chi connectivity index (χ2v) is 8.48. The summed E-state index contributed by atoms with van der Waals surface area (Å²) in [6.07, 6.45) is 1.26. The van der Waals surface area contributed by atoms with Crippen molar-refractivity contribution in [3.63, 3.8) is 0 Å². The molecule has 0 spiro atoms. The zero-order valence-corrected chi connectivity index (χ0v) is 19.5. The van der Waals surface area contributed by atoms with Crippen LogP contribution in [-0.2, 0) is 16.2 Å². The van der Waals surface area contributed by atoms with Crippen molar-refractivity contribution < 1.29 is 24.2 Å². The smallest absolute Gasteiger partial charge is 0.335 e. The van der Waals surface area contributed by atoms with Gasteiger partial charge < -0.3 is 9.84 Å². The Morgan fingerprint density at radius 1 is 0.912 bits per heavy atom. The van der Waals surface area contributed by atoms with E-state index in [1.54, 1.807) is 24.3 Å².